The van der Waals surface area contributed by atoms with E-state index in [0.717, 1.165) is 0 Å². The molecule has 0 aliphatic carbocycles. The Morgan fingerprint density at radius 3 is 2.64 bits per heavy atom. The molecule has 1 atom stereocenters. The summed E-state index contributed by atoms with van der Waals surface area (Å²) in [5, 5.41) is 0.536. The number of halogens is 1. The van der Waals surface area contributed by atoms with Crippen molar-refractivity contribution in [1.29, 1.82) is 0 Å². The molecule has 78 valence electrons. The van der Waals surface area contributed by atoms with Gasteiger partial charge in [0.1, 0.15) is 5.75 Å². The van der Waals surface area contributed by atoms with Gasteiger partial charge in [-0.1, -0.05) is 23.7 Å². The van der Waals surface area contributed by atoms with E-state index in [1.807, 2.05) is 19.1 Å². The third-order valence-electron chi connectivity index (χ3n) is 1.56. The molecule has 0 amide bonds. The second kappa shape index (κ2) is 5.86. The Labute approximate surface area is 88.5 Å². The van der Waals surface area contributed by atoms with E-state index >= 15 is 0 Å². The Bertz CT molecular complexity index is 278. The van der Waals surface area contributed by atoms with Crippen LogP contribution in [0.25, 0.3) is 0 Å². The molecule has 4 heteroatoms. The van der Waals surface area contributed by atoms with Gasteiger partial charge in [0.2, 0.25) is 0 Å². The van der Waals surface area contributed by atoms with Gasteiger partial charge in [0, 0.05) is 7.11 Å². The second-order valence-corrected chi connectivity index (χ2v) is 2.94. The number of benzene rings is 1. The van der Waals surface area contributed by atoms with Crippen LogP contribution < -0.4 is 4.74 Å². The quantitative estimate of drug-likeness (QED) is 0.709. The minimum Gasteiger partial charge on any atom is -0.440 e. The highest BCUT2D eigenvalue weighted by atomic mass is 35.5. The van der Waals surface area contributed by atoms with Crippen molar-refractivity contribution < 1.29 is 14.2 Å². The Balaban J connectivity index is 2.62. The average Bonchev–Trinajstić information content (AvgIpc) is 2.20. The molecule has 0 fully saturated rings. The first-order valence-electron chi connectivity index (χ1n) is 4.33. The fourth-order valence-electron chi connectivity index (χ4n) is 0.930. The zero-order valence-electron chi connectivity index (χ0n) is 8.20. The summed E-state index contributed by atoms with van der Waals surface area (Å²) >= 11 is 5.89. The predicted molar refractivity (Wildman–Crippen MR) is 54.5 cm³/mol. The number of methoxy groups -OCH3 is 1. The molecule has 0 aliphatic heterocycles. The summed E-state index contributed by atoms with van der Waals surface area (Å²) in [5.41, 5.74) is 0. The first kappa shape index (κ1) is 11.3. The normalized spacial score (nSPS) is 12.5. The maximum atomic E-state index is 5.89. The minimum atomic E-state index is -0.708. The standard InChI is InChI=1S/C10H13ClO3/c1-3-13-10(12-2)14-9-7-5-4-6-8(9)11/h4-7,10H,3H2,1-2H3. The van der Waals surface area contributed by atoms with E-state index in [-0.39, 0.29) is 0 Å². The highest BCUT2D eigenvalue weighted by Gasteiger charge is 2.09. The van der Waals surface area contributed by atoms with Crippen LogP contribution in [0, 0.1) is 0 Å². The topological polar surface area (TPSA) is 27.7 Å². The van der Waals surface area contributed by atoms with Gasteiger partial charge >= 0.3 is 6.48 Å². The first-order chi connectivity index (χ1) is 6.77. The van der Waals surface area contributed by atoms with Gasteiger partial charge < -0.3 is 14.2 Å². The molecule has 0 saturated heterocycles. The van der Waals surface area contributed by atoms with E-state index < -0.39 is 6.48 Å². The number of hydrogen-bond donors (Lipinski definition) is 0. The molecule has 0 heterocycles. The smallest absolute Gasteiger partial charge is 0.315 e. The highest BCUT2D eigenvalue weighted by Crippen LogP contribution is 2.24. The number of hydrogen-bond acceptors (Lipinski definition) is 3. The fraction of sp³-hybridized carbons (Fsp3) is 0.400. The summed E-state index contributed by atoms with van der Waals surface area (Å²) in [4.78, 5) is 0. The van der Waals surface area contributed by atoms with Crippen LogP contribution in [0.3, 0.4) is 0 Å². The van der Waals surface area contributed by atoms with Crippen molar-refractivity contribution >= 4 is 11.6 Å². The number of para-hydroxylation sites is 1. The molecule has 0 spiro atoms. The van der Waals surface area contributed by atoms with Crippen LogP contribution >= 0.6 is 11.6 Å². The summed E-state index contributed by atoms with van der Waals surface area (Å²) in [7, 11) is 1.51. The highest BCUT2D eigenvalue weighted by molar-refractivity contribution is 6.32. The summed E-state index contributed by atoms with van der Waals surface area (Å²) in [6.45, 7) is 1.67. The van der Waals surface area contributed by atoms with Crippen LogP contribution in [0.15, 0.2) is 24.3 Å². The molecule has 0 aromatic heterocycles. The summed E-state index contributed by atoms with van der Waals surface area (Å²) in [6, 6.07) is 7.17. The van der Waals surface area contributed by atoms with E-state index in [2.05, 4.69) is 0 Å². The molecule has 0 radical (unpaired) electrons. The molecule has 1 aromatic rings. The Hall–Kier alpha value is -0.770. The molecule has 0 aliphatic rings. The van der Waals surface area contributed by atoms with Crippen molar-refractivity contribution in [3.05, 3.63) is 29.3 Å². The third-order valence-corrected chi connectivity index (χ3v) is 1.87. The molecule has 1 unspecified atom stereocenters. The zero-order chi connectivity index (χ0) is 10.4. The Morgan fingerprint density at radius 2 is 2.07 bits per heavy atom. The monoisotopic (exact) mass is 216 g/mol. The van der Waals surface area contributed by atoms with Gasteiger partial charge in [-0.05, 0) is 19.1 Å². The maximum absolute atomic E-state index is 5.89. The molecule has 0 saturated carbocycles. The number of rotatable bonds is 5. The van der Waals surface area contributed by atoms with E-state index in [1.54, 1.807) is 12.1 Å². The minimum absolute atomic E-state index is 0.517. The molecular formula is C10H13ClO3. The van der Waals surface area contributed by atoms with Crippen LogP contribution in [0.1, 0.15) is 6.92 Å². The third kappa shape index (κ3) is 3.18. The van der Waals surface area contributed by atoms with Gasteiger partial charge in [-0.3, -0.25) is 0 Å². The van der Waals surface area contributed by atoms with Gasteiger partial charge in [0.15, 0.2) is 0 Å². The maximum Gasteiger partial charge on any atom is 0.315 e. The number of ether oxygens (including phenoxy) is 3. The lowest BCUT2D eigenvalue weighted by Crippen LogP contribution is -2.22. The summed E-state index contributed by atoms with van der Waals surface area (Å²) in [5.74, 6) is 0.550. The lowest BCUT2D eigenvalue weighted by molar-refractivity contribution is -0.231. The molecule has 0 N–H and O–H groups in total. The molecule has 1 rings (SSSR count). The van der Waals surface area contributed by atoms with Crippen molar-refractivity contribution in [1.82, 2.24) is 0 Å². The zero-order valence-corrected chi connectivity index (χ0v) is 8.95. The summed E-state index contributed by atoms with van der Waals surface area (Å²) < 4.78 is 15.5. The van der Waals surface area contributed by atoms with Gasteiger partial charge in [-0.15, -0.1) is 0 Å². The summed E-state index contributed by atoms with van der Waals surface area (Å²) in [6.07, 6.45) is 0. The molecule has 0 bridgehead atoms. The van der Waals surface area contributed by atoms with Crippen molar-refractivity contribution in [2.45, 2.75) is 13.4 Å². The fourth-order valence-corrected chi connectivity index (χ4v) is 1.11. The molecule has 3 nitrogen and oxygen atoms in total. The van der Waals surface area contributed by atoms with Gasteiger partial charge in [0.25, 0.3) is 0 Å². The van der Waals surface area contributed by atoms with Crippen LogP contribution in [0.2, 0.25) is 5.02 Å². The van der Waals surface area contributed by atoms with Crippen molar-refractivity contribution in [2.24, 2.45) is 0 Å². The van der Waals surface area contributed by atoms with E-state index in [4.69, 9.17) is 25.8 Å². The molecule has 1 aromatic carbocycles. The second-order valence-electron chi connectivity index (χ2n) is 2.53. The predicted octanol–water partition coefficient (Wildman–Crippen LogP) is 2.69. The largest absolute Gasteiger partial charge is 0.440 e. The van der Waals surface area contributed by atoms with E-state index in [1.165, 1.54) is 7.11 Å². The van der Waals surface area contributed by atoms with Gasteiger partial charge in [-0.25, -0.2) is 0 Å². The van der Waals surface area contributed by atoms with Crippen LogP contribution in [-0.4, -0.2) is 20.2 Å². The van der Waals surface area contributed by atoms with Gasteiger partial charge in [0.05, 0.1) is 11.6 Å². The molecule has 14 heavy (non-hydrogen) atoms. The van der Waals surface area contributed by atoms with Crippen molar-refractivity contribution in [3.63, 3.8) is 0 Å². The SMILES string of the molecule is CCOC(OC)Oc1ccccc1Cl. The van der Waals surface area contributed by atoms with Crippen LogP contribution in [0.4, 0.5) is 0 Å². The molecular weight excluding hydrogens is 204 g/mol. The lowest BCUT2D eigenvalue weighted by atomic mass is 10.3. The first-order valence-corrected chi connectivity index (χ1v) is 4.71. The van der Waals surface area contributed by atoms with Crippen molar-refractivity contribution in [3.8, 4) is 5.75 Å². The van der Waals surface area contributed by atoms with E-state index in [9.17, 15) is 0 Å². The van der Waals surface area contributed by atoms with Crippen LogP contribution in [-0.2, 0) is 9.47 Å². The van der Waals surface area contributed by atoms with Gasteiger partial charge in [-0.2, -0.15) is 0 Å². The van der Waals surface area contributed by atoms with Crippen molar-refractivity contribution in [2.75, 3.05) is 13.7 Å². The van der Waals surface area contributed by atoms with E-state index in [0.29, 0.717) is 17.4 Å². The lowest BCUT2D eigenvalue weighted by Gasteiger charge is -2.17. The average molecular weight is 217 g/mol. The Kier molecular flexibility index (Phi) is 4.73. The Morgan fingerprint density at radius 1 is 1.36 bits per heavy atom. The van der Waals surface area contributed by atoms with Crippen LogP contribution in [0.5, 0.6) is 5.75 Å².